The average Bonchev–Trinajstić information content (AvgIpc) is 3.61. The molecule has 16 nitrogen and oxygen atoms in total. The lowest BCUT2D eigenvalue weighted by molar-refractivity contribution is -0.142. The van der Waals surface area contributed by atoms with Crippen LogP contribution >= 0.6 is 12.2 Å². The molecule has 1 aromatic heterocycles. The van der Waals surface area contributed by atoms with Gasteiger partial charge in [0.05, 0.1) is 4.99 Å². The first-order valence-corrected chi connectivity index (χ1v) is 18.9. The van der Waals surface area contributed by atoms with E-state index in [0.29, 0.717) is 74.7 Å². The number of carbonyl (C=O) groups is 6. The van der Waals surface area contributed by atoms with E-state index in [1.807, 2.05) is 6.92 Å². The highest BCUT2D eigenvalue weighted by atomic mass is 32.1. The number of aryl methyl sites for hydroxylation is 1. The van der Waals surface area contributed by atoms with Crippen LogP contribution in [0.5, 0.6) is 0 Å². The molecule has 1 fully saturated rings. The smallest absolute Gasteiger partial charge is 0.336 e. The van der Waals surface area contributed by atoms with E-state index < -0.39 is 65.2 Å². The lowest BCUT2D eigenvalue weighted by Crippen LogP contribution is -2.57. The molecular formula is C37H54N8O8S. The Morgan fingerprint density at radius 1 is 0.944 bits per heavy atom. The number of benzene rings is 1. The second kappa shape index (κ2) is 21.7. The van der Waals surface area contributed by atoms with Gasteiger partial charge >= 0.3 is 5.63 Å². The maximum Gasteiger partial charge on any atom is 0.336 e. The van der Waals surface area contributed by atoms with Gasteiger partial charge in [-0.2, -0.15) is 0 Å². The van der Waals surface area contributed by atoms with Crippen molar-refractivity contribution in [3.63, 3.8) is 0 Å². The predicted octanol–water partition coefficient (Wildman–Crippen LogP) is 1.40. The maximum absolute atomic E-state index is 13.9. The van der Waals surface area contributed by atoms with Crippen LogP contribution in [-0.4, -0.2) is 89.1 Å². The van der Waals surface area contributed by atoms with E-state index >= 15 is 0 Å². The summed E-state index contributed by atoms with van der Waals surface area (Å²) in [7, 11) is 0. The minimum atomic E-state index is -1.06. The van der Waals surface area contributed by atoms with Crippen LogP contribution in [0.25, 0.3) is 11.0 Å². The van der Waals surface area contributed by atoms with Gasteiger partial charge in [-0.3, -0.25) is 28.8 Å². The van der Waals surface area contributed by atoms with E-state index in [-0.39, 0.29) is 32.2 Å². The van der Waals surface area contributed by atoms with Crippen LogP contribution in [0.2, 0.25) is 0 Å². The molecule has 3 rings (SSSR count). The number of nitrogens with two attached hydrogens (primary N) is 2. The van der Waals surface area contributed by atoms with Crippen molar-refractivity contribution in [3.05, 3.63) is 40.2 Å². The second-order valence-electron chi connectivity index (χ2n) is 13.5. The first kappa shape index (κ1) is 43.5. The van der Waals surface area contributed by atoms with Gasteiger partial charge in [0, 0.05) is 49.6 Å². The molecule has 54 heavy (non-hydrogen) atoms. The van der Waals surface area contributed by atoms with Gasteiger partial charge in [0.25, 0.3) is 0 Å². The van der Waals surface area contributed by atoms with E-state index in [1.165, 1.54) is 17.9 Å². The largest absolute Gasteiger partial charge is 0.423 e. The molecule has 6 amide bonds. The molecule has 0 unspecified atom stereocenters. The van der Waals surface area contributed by atoms with Crippen molar-refractivity contribution in [2.45, 2.75) is 116 Å². The van der Waals surface area contributed by atoms with Crippen molar-refractivity contribution < 1.29 is 33.2 Å². The molecule has 1 aliphatic rings. The summed E-state index contributed by atoms with van der Waals surface area (Å²) in [6, 6.07) is 2.30. The first-order chi connectivity index (χ1) is 25.7. The Balaban J connectivity index is 1.80. The van der Waals surface area contributed by atoms with Gasteiger partial charge in [0.2, 0.25) is 35.4 Å². The molecule has 17 heteroatoms. The molecule has 2 heterocycles. The molecular weight excluding hydrogens is 717 g/mol. The third-order valence-electron chi connectivity index (χ3n) is 9.19. The highest BCUT2D eigenvalue weighted by molar-refractivity contribution is 7.80. The molecule has 2 aromatic rings. The Hall–Kier alpha value is -4.90. The summed E-state index contributed by atoms with van der Waals surface area (Å²) in [4.78, 5) is 92.3. The fourth-order valence-corrected chi connectivity index (χ4v) is 6.42. The van der Waals surface area contributed by atoms with Crippen molar-refractivity contribution >= 4 is 69.3 Å². The zero-order valence-corrected chi connectivity index (χ0v) is 32.1. The summed E-state index contributed by atoms with van der Waals surface area (Å²) in [5.41, 5.74) is 11.9. The van der Waals surface area contributed by atoms with Crippen molar-refractivity contribution in [1.29, 1.82) is 0 Å². The summed E-state index contributed by atoms with van der Waals surface area (Å²) < 4.78 is 5.34. The third kappa shape index (κ3) is 13.5. The van der Waals surface area contributed by atoms with Crippen LogP contribution < -0.4 is 43.7 Å². The van der Waals surface area contributed by atoms with Crippen LogP contribution in [-0.2, 0) is 28.8 Å². The van der Waals surface area contributed by atoms with E-state index in [2.05, 4.69) is 26.6 Å². The van der Waals surface area contributed by atoms with Gasteiger partial charge in [-0.1, -0.05) is 19.1 Å². The second-order valence-corrected chi connectivity index (χ2v) is 14.0. The number of thiocarbonyl (C=S) groups is 1. The molecule has 0 aliphatic carbocycles. The minimum Gasteiger partial charge on any atom is -0.423 e. The fourth-order valence-electron chi connectivity index (χ4n) is 6.32. The normalized spacial score (nSPS) is 15.5. The van der Waals surface area contributed by atoms with Crippen LogP contribution in [0.3, 0.4) is 0 Å². The zero-order chi connectivity index (χ0) is 39.8. The van der Waals surface area contributed by atoms with Crippen molar-refractivity contribution in [2.75, 3.05) is 25.0 Å². The quantitative estimate of drug-likeness (QED) is 0.0543. The highest BCUT2D eigenvalue weighted by Gasteiger charge is 2.39. The van der Waals surface area contributed by atoms with E-state index in [1.54, 1.807) is 25.1 Å². The number of rotatable bonds is 21. The summed E-state index contributed by atoms with van der Waals surface area (Å²) in [5.74, 6) is -3.28. The van der Waals surface area contributed by atoms with Gasteiger partial charge < -0.3 is 47.4 Å². The molecule has 1 aliphatic heterocycles. The van der Waals surface area contributed by atoms with Gasteiger partial charge in [0.1, 0.15) is 29.8 Å². The number of fused-ring (bicyclic) bond motifs is 1. The van der Waals surface area contributed by atoms with Crippen molar-refractivity contribution in [3.8, 4) is 0 Å². The number of hydrogen-bond donors (Lipinski definition) is 7. The van der Waals surface area contributed by atoms with E-state index in [9.17, 15) is 33.6 Å². The van der Waals surface area contributed by atoms with E-state index in [0.717, 1.165) is 10.6 Å². The van der Waals surface area contributed by atoms with Crippen LogP contribution in [0.15, 0.2) is 33.5 Å². The Kier molecular flexibility index (Phi) is 17.5. The summed E-state index contributed by atoms with van der Waals surface area (Å²) in [6.07, 6.45) is 4.16. The number of likely N-dealkylation sites (tertiary alicyclic amines) is 1. The van der Waals surface area contributed by atoms with Crippen molar-refractivity contribution in [1.82, 2.24) is 26.2 Å². The number of anilines is 1. The number of unbranched alkanes of at least 4 members (excludes halogenated alkanes) is 2. The SMILES string of the molecule is CCC(=S)NCCCC[C@H](NC(=O)[C@H](CCCCN)NC(=O)[C@@H]1CCCN1C(=O)[C@H](CCC(N)=O)NC(C)=O)C(=O)Nc1ccc2c(C)cc(=O)oc2c1. The molecule has 0 saturated carbocycles. The van der Waals surface area contributed by atoms with Gasteiger partial charge in [-0.25, -0.2) is 4.79 Å². The Morgan fingerprint density at radius 3 is 2.31 bits per heavy atom. The van der Waals surface area contributed by atoms with Gasteiger partial charge in [-0.15, -0.1) is 0 Å². The minimum absolute atomic E-state index is 0.0270. The Bertz CT molecular complexity index is 1730. The molecule has 1 saturated heterocycles. The third-order valence-corrected chi connectivity index (χ3v) is 9.62. The Labute approximate surface area is 320 Å². The standard InChI is InChI=1S/C37H54N8O8S/c1-4-32(54)40-18-8-6-11-26(34(49)42-24-13-14-25-22(2)20-33(48)53-30(25)21-24)43-35(50)27(10-5-7-17-38)44-36(51)29-12-9-19-45(29)37(52)28(41-23(3)46)15-16-31(39)47/h13-14,20-21,26-29H,4-12,15-19,38H2,1-3H3,(H2,39,47)(H,40,54)(H,41,46)(H,42,49)(H,43,50)(H,44,51)/t26-,27-,28-,29-/m0/s1. The zero-order valence-electron chi connectivity index (χ0n) is 31.3. The number of amides is 6. The average molecular weight is 771 g/mol. The molecule has 0 spiro atoms. The molecule has 4 atom stereocenters. The number of carbonyl (C=O) groups excluding carboxylic acids is 6. The summed E-state index contributed by atoms with van der Waals surface area (Å²) in [5, 5.41) is 14.9. The number of nitrogens with zero attached hydrogens (tertiary/aromatic N) is 1. The first-order valence-electron chi connectivity index (χ1n) is 18.5. The summed E-state index contributed by atoms with van der Waals surface area (Å²) in [6.45, 7) is 6.19. The molecule has 9 N–H and O–H groups in total. The van der Waals surface area contributed by atoms with Crippen LogP contribution in [0, 0.1) is 6.92 Å². The predicted molar refractivity (Wildman–Crippen MR) is 208 cm³/mol. The maximum atomic E-state index is 13.9. The van der Waals surface area contributed by atoms with Gasteiger partial charge in [0.15, 0.2) is 0 Å². The fraction of sp³-hybridized carbons (Fsp3) is 0.568. The van der Waals surface area contributed by atoms with E-state index in [4.69, 9.17) is 28.1 Å². The van der Waals surface area contributed by atoms with Crippen molar-refractivity contribution in [2.24, 2.45) is 11.5 Å². The number of primary amides is 1. The number of hydrogen-bond acceptors (Lipinski definition) is 10. The molecule has 0 radical (unpaired) electrons. The number of nitrogens with one attached hydrogen (secondary N) is 5. The van der Waals surface area contributed by atoms with Crippen LogP contribution in [0.4, 0.5) is 5.69 Å². The van der Waals surface area contributed by atoms with Crippen LogP contribution in [0.1, 0.15) is 90.0 Å². The molecule has 1 aromatic carbocycles. The highest BCUT2D eigenvalue weighted by Crippen LogP contribution is 2.22. The summed E-state index contributed by atoms with van der Waals surface area (Å²) >= 11 is 5.24. The Morgan fingerprint density at radius 2 is 1.65 bits per heavy atom. The lowest BCUT2D eigenvalue weighted by Gasteiger charge is -2.30. The molecule has 0 bridgehead atoms. The molecule has 296 valence electrons. The lowest BCUT2D eigenvalue weighted by atomic mass is 10.0. The van der Waals surface area contributed by atoms with Gasteiger partial charge in [-0.05, 0) is 95.4 Å². The monoisotopic (exact) mass is 770 g/mol. The topological polar surface area (TPSA) is 248 Å².